The average Bonchev–Trinajstić information content (AvgIpc) is 3.77. The number of anilines is 2. The number of aromatic nitrogens is 3. The molecule has 2 aromatic heterocycles. The molecule has 2 heterocycles. The Kier molecular flexibility index (Phi) is 8.03. The van der Waals surface area contributed by atoms with Gasteiger partial charge < -0.3 is 15.4 Å². The summed E-state index contributed by atoms with van der Waals surface area (Å²) in [5.41, 5.74) is -1.88. The molecule has 0 radical (unpaired) electrons. The molecule has 0 unspecified atom stereocenters. The summed E-state index contributed by atoms with van der Waals surface area (Å²) in [4.78, 5) is 66.7. The average molecular weight is 687 g/mol. The van der Waals surface area contributed by atoms with Crippen LogP contribution in [-0.4, -0.2) is 38.2 Å². The van der Waals surface area contributed by atoms with Gasteiger partial charge in [0, 0.05) is 27.8 Å². The molecule has 42 heavy (non-hydrogen) atoms. The van der Waals surface area contributed by atoms with Gasteiger partial charge in [0.2, 0.25) is 0 Å². The van der Waals surface area contributed by atoms with Gasteiger partial charge in [-0.3, -0.25) is 28.3 Å². The Morgan fingerprint density at radius 2 is 1.83 bits per heavy atom. The van der Waals surface area contributed by atoms with Gasteiger partial charge in [-0.05, 0) is 85.7 Å². The van der Waals surface area contributed by atoms with Crippen LogP contribution in [0.1, 0.15) is 35.7 Å². The minimum atomic E-state index is -0.914. The molecule has 0 atom stereocenters. The molecular weight excluding hydrogens is 660 g/mol. The number of rotatable bonds is 8. The number of esters is 1. The van der Waals surface area contributed by atoms with Crippen LogP contribution in [0.25, 0.3) is 16.6 Å². The van der Waals surface area contributed by atoms with Gasteiger partial charge in [-0.15, -0.1) is 0 Å². The highest BCUT2D eigenvalue weighted by Gasteiger charge is 2.26. The van der Waals surface area contributed by atoms with E-state index in [0.29, 0.717) is 8.14 Å². The molecular formula is C29H27FIN5O6. The molecule has 0 aliphatic heterocycles. The van der Waals surface area contributed by atoms with Crippen molar-refractivity contribution in [1.82, 2.24) is 19.0 Å². The van der Waals surface area contributed by atoms with Crippen LogP contribution in [0.3, 0.4) is 0 Å². The number of nitrogens with one attached hydrogen (secondary N) is 2. The summed E-state index contributed by atoms with van der Waals surface area (Å²) in [7, 11) is 1.41. The van der Waals surface area contributed by atoms with Gasteiger partial charge in [0.15, 0.2) is 0 Å². The summed E-state index contributed by atoms with van der Waals surface area (Å²) in [5, 5.41) is 5.62. The SMILES string of the molecule is CCOC(=O)Cn1c(=O)c2c(Nc3ccc(I)cc3F)n(C)c(=O)c(C)c2n(-c2cccc(C(=O)NC3CC3)c2)c1=O. The fourth-order valence-electron chi connectivity index (χ4n) is 4.70. The molecule has 0 saturated heterocycles. The Morgan fingerprint density at radius 1 is 1.10 bits per heavy atom. The Labute approximate surface area is 252 Å². The number of halogens is 2. The second-order valence-electron chi connectivity index (χ2n) is 9.92. The van der Waals surface area contributed by atoms with Crippen molar-refractivity contribution >= 4 is 56.9 Å². The smallest absolute Gasteiger partial charge is 0.336 e. The summed E-state index contributed by atoms with van der Waals surface area (Å²) in [6, 6.07) is 10.7. The molecule has 0 bridgehead atoms. The maximum Gasteiger partial charge on any atom is 0.336 e. The van der Waals surface area contributed by atoms with Crippen LogP contribution in [0.5, 0.6) is 0 Å². The van der Waals surface area contributed by atoms with Crippen molar-refractivity contribution < 1.29 is 18.7 Å². The number of fused-ring (bicyclic) bond motifs is 1. The quantitative estimate of drug-likeness (QED) is 0.215. The first-order chi connectivity index (χ1) is 20.0. The molecule has 218 valence electrons. The number of carbonyl (C=O) groups is 2. The van der Waals surface area contributed by atoms with Crippen molar-refractivity contribution in [2.45, 2.75) is 39.3 Å². The normalized spacial score (nSPS) is 12.8. The minimum Gasteiger partial charge on any atom is -0.465 e. The fourth-order valence-corrected chi connectivity index (χ4v) is 5.16. The summed E-state index contributed by atoms with van der Waals surface area (Å²) >= 11 is 1.96. The van der Waals surface area contributed by atoms with Gasteiger partial charge in [0.1, 0.15) is 23.6 Å². The van der Waals surface area contributed by atoms with Gasteiger partial charge in [0.25, 0.3) is 17.0 Å². The lowest BCUT2D eigenvalue weighted by molar-refractivity contribution is -0.143. The zero-order chi connectivity index (χ0) is 30.3. The van der Waals surface area contributed by atoms with Gasteiger partial charge in [-0.2, -0.15) is 0 Å². The standard InChI is InChI=1S/C29H27FIN5O6/c1-4-42-22(37)14-35-28(40)23-24(15(2)27(39)34(3)25(23)33-21-11-8-17(31)13-20(21)30)36(29(35)41)19-7-5-6-16(12-19)26(38)32-18-9-10-18/h5-8,11-13,18,33H,4,9-10,14H2,1-3H3,(H,32,38). The monoisotopic (exact) mass is 687 g/mol. The number of amides is 1. The molecule has 13 heteroatoms. The van der Waals surface area contributed by atoms with Crippen LogP contribution in [0.15, 0.2) is 56.8 Å². The lowest BCUT2D eigenvalue weighted by Gasteiger charge is -2.20. The predicted octanol–water partition coefficient (Wildman–Crippen LogP) is 3.10. The van der Waals surface area contributed by atoms with Crippen LogP contribution in [0, 0.1) is 16.3 Å². The molecule has 1 fully saturated rings. The molecule has 4 aromatic rings. The van der Waals surface area contributed by atoms with Crippen molar-refractivity contribution in [2.75, 3.05) is 11.9 Å². The van der Waals surface area contributed by atoms with E-state index in [2.05, 4.69) is 10.6 Å². The highest BCUT2D eigenvalue weighted by molar-refractivity contribution is 14.1. The zero-order valence-corrected chi connectivity index (χ0v) is 25.2. The van der Waals surface area contributed by atoms with E-state index in [1.807, 2.05) is 22.6 Å². The number of pyridine rings is 1. The van der Waals surface area contributed by atoms with E-state index in [1.54, 1.807) is 31.2 Å². The zero-order valence-electron chi connectivity index (χ0n) is 23.0. The molecule has 1 aliphatic rings. The van der Waals surface area contributed by atoms with Crippen molar-refractivity contribution in [1.29, 1.82) is 0 Å². The van der Waals surface area contributed by atoms with E-state index in [0.717, 1.165) is 22.0 Å². The van der Waals surface area contributed by atoms with Crippen LogP contribution >= 0.6 is 22.6 Å². The van der Waals surface area contributed by atoms with Gasteiger partial charge in [0.05, 0.1) is 23.5 Å². The molecule has 2 aromatic carbocycles. The molecule has 5 rings (SSSR count). The summed E-state index contributed by atoms with van der Waals surface area (Å²) in [6.45, 7) is 2.38. The molecule has 1 amide bonds. The number of aryl methyl sites for hydroxylation is 1. The van der Waals surface area contributed by atoms with Crippen LogP contribution < -0.4 is 27.4 Å². The summed E-state index contributed by atoms with van der Waals surface area (Å²) < 4.78 is 23.5. The second kappa shape index (κ2) is 11.5. The molecule has 0 spiro atoms. The Hall–Kier alpha value is -4.27. The maximum atomic E-state index is 14.9. The molecule has 1 saturated carbocycles. The van der Waals surface area contributed by atoms with E-state index in [4.69, 9.17) is 4.74 Å². The topological polar surface area (TPSA) is 133 Å². The highest BCUT2D eigenvalue weighted by atomic mass is 127. The number of carbonyl (C=O) groups excluding carboxylic acids is 2. The largest absolute Gasteiger partial charge is 0.465 e. The third-order valence-electron chi connectivity index (χ3n) is 6.95. The number of hydrogen-bond donors (Lipinski definition) is 2. The third-order valence-corrected chi connectivity index (χ3v) is 7.62. The van der Waals surface area contributed by atoms with Gasteiger partial charge in [-0.1, -0.05) is 6.07 Å². The summed E-state index contributed by atoms with van der Waals surface area (Å²) in [5.74, 6) is -1.86. The number of hydrogen-bond acceptors (Lipinski definition) is 7. The van der Waals surface area contributed by atoms with E-state index in [-0.39, 0.29) is 57.8 Å². The van der Waals surface area contributed by atoms with Crippen molar-refractivity contribution in [3.05, 3.63) is 94.2 Å². The lowest BCUT2D eigenvalue weighted by atomic mass is 10.1. The number of ether oxygens (including phenoxy) is 1. The van der Waals surface area contributed by atoms with Crippen molar-refractivity contribution in [3.8, 4) is 5.69 Å². The second-order valence-corrected chi connectivity index (χ2v) is 11.2. The molecule has 1 aliphatic carbocycles. The Bertz CT molecular complexity index is 1940. The first kappa shape index (κ1) is 29.2. The molecule has 2 N–H and O–H groups in total. The van der Waals surface area contributed by atoms with Crippen LogP contribution in [-0.2, 0) is 23.1 Å². The minimum absolute atomic E-state index is 0.0107. The van der Waals surface area contributed by atoms with E-state index < -0.39 is 35.1 Å². The lowest BCUT2D eigenvalue weighted by Crippen LogP contribution is -2.43. The predicted molar refractivity (Wildman–Crippen MR) is 163 cm³/mol. The maximum absolute atomic E-state index is 14.9. The number of benzene rings is 2. The summed E-state index contributed by atoms with van der Waals surface area (Å²) in [6.07, 6.45) is 1.77. The van der Waals surface area contributed by atoms with Crippen LogP contribution in [0.2, 0.25) is 0 Å². The number of nitrogens with zero attached hydrogens (tertiary/aromatic N) is 3. The first-order valence-corrected chi connectivity index (χ1v) is 14.3. The van der Waals surface area contributed by atoms with E-state index in [9.17, 15) is 28.4 Å². The third kappa shape index (κ3) is 5.47. The van der Waals surface area contributed by atoms with Gasteiger partial charge in [-0.25, -0.2) is 13.8 Å². The Morgan fingerprint density at radius 3 is 2.50 bits per heavy atom. The van der Waals surface area contributed by atoms with Gasteiger partial charge >= 0.3 is 11.7 Å². The van der Waals surface area contributed by atoms with Crippen molar-refractivity contribution in [3.63, 3.8) is 0 Å². The molecule has 11 nitrogen and oxygen atoms in total. The first-order valence-electron chi connectivity index (χ1n) is 13.2. The van der Waals surface area contributed by atoms with Crippen LogP contribution in [0.4, 0.5) is 15.9 Å². The fraction of sp³-hybridized carbons (Fsp3) is 0.276. The van der Waals surface area contributed by atoms with Crippen molar-refractivity contribution in [2.24, 2.45) is 7.05 Å². The van der Waals surface area contributed by atoms with E-state index >= 15 is 0 Å². The Balaban J connectivity index is 1.85. The van der Waals surface area contributed by atoms with E-state index in [1.165, 1.54) is 32.2 Å². The highest BCUT2D eigenvalue weighted by Crippen LogP contribution is 2.28.